The van der Waals surface area contributed by atoms with E-state index in [9.17, 15) is 4.79 Å². The molecule has 9 heavy (non-hydrogen) atoms. The highest BCUT2D eigenvalue weighted by molar-refractivity contribution is 5.71. The lowest BCUT2D eigenvalue weighted by Gasteiger charge is -1.80. The molecule has 0 fully saturated rings. The number of carbonyl (C=O) groups is 1. The van der Waals surface area contributed by atoms with Gasteiger partial charge in [-0.05, 0) is 0 Å². The van der Waals surface area contributed by atoms with Crippen molar-refractivity contribution in [3.05, 3.63) is 0 Å². The molecular formula is C4H12N2O3. The SMILES string of the molecule is CC(=O)NN.OCCO. The van der Waals surface area contributed by atoms with Crippen molar-refractivity contribution in [1.29, 1.82) is 0 Å². The van der Waals surface area contributed by atoms with Crippen LogP contribution < -0.4 is 11.3 Å². The lowest BCUT2D eigenvalue weighted by atomic mass is 10.8. The third-order valence-electron chi connectivity index (χ3n) is 0.303. The largest absolute Gasteiger partial charge is 0.394 e. The van der Waals surface area contributed by atoms with Crippen LogP contribution in [0.1, 0.15) is 6.92 Å². The van der Waals surface area contributed by atoms with E-state index in [1.807, 2.05) is 5.43 Å². The van der Waals surface area contributed by atoms with Crippen molar-refractivity contribution < 1.29 is 15.0 Å². The van der Waals surface area contributed by atoms with E-state index < -0.39 is 0 Å². The van der Waals surface area contributed by atoms with Gasteiger partial charge in [0.05, 0.1) is 13.2 Å². The second kappa shape index (κ2) is 10.4. The number of aliphatic hydroxyl groups is 2. The predicted octanol–water partition coefficient (Wildman–Crippen LogP) is -2.03. The molecule has 0 aliphatic rings. The maximum Gasteiger partial charge on any atom is 0.230 e. The third kappa shape index (κ3) is 38.1. The number of hydrogen-bond donors (Lipinski definition) is 4. The molecule has 0 unspecified atom stereocenters. The molecule has 0 aromatic carbocycles. The quantitative estimate of drug-likeness (QED) is 0.190. The third-order valence-corrected chi connectivity index (χ3v) is 0.303. The highest BCUT2D eigenvalue weighted by Crippen LogP contribution is 1.42. The molecular weight excluding hydrogens is 124 g/mol. The molecule has 0 bridgehead atoms. The zero-order chi connectivity index (χ0) is 7.70. The fourth-order valence-electron chi connectivity index (χ4n) is 0. The van der Waals surface area contributed by atoms with Gasteiger partial charge >= 0.3 is 0 Å². The summed E-state index contributed by atoms with van der Waals surface area (Å²) in [7, 11) is 0. The molecule has 0 rings (SSSR count). The topological polar surface area (TPSA) is 95.6 Å². The summed E-state index contributed by atoms with van der Waals surface area (Å²) >= 11 is 0. The number of carbonyl (C=O) groups excluding carboxylic acids is 1. The monoisotopic (exact) mass is 136 g/mol. The van der Waals surface area contributed by atoms with Crippen LogP contribution in [0.4, 0.5) is 0 Å². The Morgan fingerprint density at radius 2 is 1.78 bits per heavy atom. The second-order valence-electron chi connectivity index (χ2n) is 1.15. The molecule has 0 radical (unpaired) electrons. The van der Waals surface area contributed by atoms with Gasteiger partial charge in [-0.3, -0.25) is 10.2 Å². The maximum absolute atomic E-state index is 9.58. The Bertz CT molecular complexity index is 64.8. The van der Waals surface area contributed by atoms with Crippen LogP contribution in [0.25, 0.3) is 0 Å². The first-order chi connectivity index (χ1) is 4.18. The zero-order valence-electron chi connectivity index (χ0n) is 5.29. The van der Waals surface area contributed by atoms with E-state index in [-0.39, 0.29) is 19.1 Å². The van der Waals surface area contributed by atoms with Crippen molar-refractivity contribution in [3.63, 3.8) is 0 Å². The number of amides is 1. The van der Waals surface area contributed by atoms with Crippen LogP contribution in [0.2, 0.25) is 0 Å². The number of hydrogen-bond acceptors (Lipinski definition) is 4. The van der Waals surface area contributed by atoms with E-state index in [0.717, 1.165) is 0 Å². The van der Waals surface area contributed by atoms with Gasteiger partial charge in [-0.15, -0.1) is 0 Å². The predicted molar refractivity (Wildman–Crippen MR) is 32.2 cm³/mol. The Kier molecular flexibility index (Phi) is 12.9. The second-order valence-corrected chi connectivity index (χ2v) is 1.15. The van der Waals surface area contributed by atoms with Crippen molar-refractivity contribution in [3.8, 4) is 0 Å². The summed E-state index contributed by atoms with van der Waals surface area (Å²) in [6.07, 6.45) is 0. The molecule has 0 spiro atoms. The van der Waals surface area contributed by atoms with Crippen LogP contribution in [0.5, 0.6) is 0 Å². The molecule has 5 nitrogen and oxygen atoms in total. The maximum atomic E-state index is 9.58. The van der Waals surface area contributed by atoms with Crippen LogP contribution in [-0.2, 0) is 4.79 Å². The molecule has 0 heterocycles. The Hall–Kier alpha value is -0.650. The van der Waals surface area contributed by atoms with E-state index >= 15 is 0 Å². The molecule has 56 valence electrons. The Balaban J connectivity index is 0. The molecule has 0 aromatic rings. The highest BCUT2D eigenvalue weighted by atomic mass is 16.3. The first kappa shape index (κ1) is 11.2. The number of rotatable bonds is 1. The van der Waals surface area contributed by atoms with Crippen LogP contribution in [-0.4, -0.2) is 29.3 Å². The summed E-state index contributed by atoms with van der Waals surface area (Å²) in [4.78, 5) is 9.58. The van der Waals surface area contributed by atoms with Crippen molar-refractivity contribution >= 4 is 5.91 Å². The molecule has 0 saturated heterocycles. The van der Waals surface area contributed by atoms with Crippen LogP contribution in [0, 0.1) is 0 Å². The summed E-state index contributed by atoms with van der Waals surface area (Å²) in [6.45, 7) is 1.10. The first-order valence-corrected chi connectivity index (χ1v) is 2.38. The molecule has 5 N–H and O–H groups in total. The lowest BCUT2D eigenvalue weighted by molar-refractivity contribution is -0.119. The summed E-state index contributed by atoms with van der Waals surface area (Å²) < 4.78 is 0. The Morgan fingerprint density at radius 3 is 1.78 bits per heavy atom. The summed E-state index contributed by atoms with van der Waals surface area (Å²) in [5.41, 5.74) is 1.89. The van der Waals surface area contributed by atoms with Gasteiger partial charge in [0.2, 0.25) is 5.91 Å². The standard InChI is InChI=1S/C2H6N2O.C2H6O2/c1-2(5)4-3;3-1-2-4/h3H2,1H3,(H,4,5);3-4H,1-2H2. The van der Waals surface area contributed by atoms with Crippen LogP contribution >= 0.6 is 0 Å². The Labute approximate surface area is 53.4 Å². The normalized spacial score (nSPS) is 7.11. The van der Waals surface area contributed by atoms with Crippen molar-refractivity contribution in [2.75, 3.05) is 13.2 Å². The minimum absolute atomic E-state index is 0.125. The minimum atomic E-state index is -0.218. The zero-order valence-corrected chi connectivity index (χ0v) is 5.29. The van der Waals surface area contributed by atoms with E-state index in [0.29, 0.717) is 0 Å². The molecule has 0 aliphatic carbocycles. The van der Waals surface area contributed by atoms with E-state index in [4.69, 9.17) is 10.2 Å². The van der Waals surface area contributed by atoms with E-state index in [1.165, 1.54) is 6.92 Å². The van der Waals surface area contributed by atoms with Crippen molar-refractivity contribution in [2.24, 2.45) is 5.84 Å². The summed E-state index contributed by atoms with van der Waals surface area (Å²) in [5.74, 6) is 4.35. The summed E-state index contributed by atoms with van der Waals surface area (Å²) in [6, 6.07) is 0. The van der Waals surface area contributed by atoms with E-state index in [2.05, 4.69) is 5.84 Å². The molecule has 0 saturated carbocycles. The average molecular weight is 136 g/mol. The number of aliphatic hydroxyl groups excluding tert-OH is 2. The minimum Gasteiger partial charge on any atom is -0.394 e. The summed E-state index contributed by atoms with van der Waals surface area (Å²) in [5, 5.41) is 15.2. The molecule has 0 aromatic heterocycles. The van der Waals surface area contributed by atoms with Gasteiger partial charge in [0.15, 0.2) is 0 Å². The smallest absolute Gasteiger partial charge is 0.230 e. The number of hydrazine groups is 1. The van der Waals surface area contributed by atoms with Crippen LogP contribution in [0.3, 0.4) is 0 Å². The lowest BCUT2D eigenvalue weighted by Crippen LogP contribution is -2.26. The Morgan fingerprint density at radius 1 is 1.56 bits per heavy atom. The first-order valence-electron chi connectivity index (χ1n) is 2.38. The van der Waals surface area contributed by atoms with Crippen molar-refractivity contribution in [2.45, 2.75) is 6.92 Å². The van der Waals surface area contributed by atoms with Gasteiger partial charge in [-0.25, -0.2) is 5.84 Å². The van der Waals surface area contributed by atoms with Gasteiger partial charge in [0.1, 0.15) is 0 Å². The van der Waals surface area contributed by atoms with E-state index in [1.54, 1.807) is 0 Å². The fourth-order valence-corrected chi connectivity index (χ4v) is 0. The number of nitrogens with one attached hydrogen (secondary N) is 1. The van der Waals surface area contributed by atoms with Gasteiger partial charge in [-0.2, -0.15) is 0 Å². The molecule has 1 amide bonds. The van der Waals surface area contributed by atoms with Gasteiger partial charge in [-0.1, -0.05) is 0 Å². The molecule has 5 heteroatoms. The van der Waals surface area contributed by atoms with Gasteiger partial charge in [0.25, 0.3) is 0 Å². The van der Waals surface area contributed by atoms with Gasteiger partial charge in [0, 0.05) is 6.92 Å². The molecule has 0 atom stereocenters. The number of nitrogens with two attached hydrogens (primary N) is 1. The average Bonchev–Trinajstić information content (AvgIpc) is 1.89. The molecule has 0 aliphatic heterocycles. The highest BCUT2D eigenvalue weighted by Gasteiger charge is 1.73. The van der Waals surface area contributed by atoms with Gasteiger partial charge < -0.3 is 10.2 Å². The van der Waals surface area contributed by atoms with Crippen LogP contribution in [0.15, 0.2) is 0 Å². The van der Waals surface area contributed by atoms with Crippen molar-refractivity contribution in [1.82, 2.24) is 5.43 Å². The fraction of sp³-hybridized carbons (Fsp3) is 0.750.